The smallest absolute Gasteiger partial charge is 0.273 e. The van der Waals surface area contributed by atoms with Gasteiger partial charge in [-0.15, -0.1) is 0 Å². The molecule has 6 nitrogen and oxygen atoms in total. The van der Waals surface area contributed by atoms with Crippen LogP contribution in [-0.4, -0.2) is 44.3 Å². The van der Waals surface area contributed by atoms with Gasteiger partial charge in [0.05, 0.1) is 13.2 Å². The molecule has 0 bridgehead atoms. The highest BCUT2D eigenvalue weighted by atomic mass is 31.2. The summed E-state index contributed by atoms with van der Waals surface area (Å²) in [5.74, 6) is 0. The van der Waals surface area contributed by atoms with Crippen molar-refractivity contribution in [2.45, 2.75) is 0 Å². The van der Waals surface area contributed by atoms with Gasteiger partial charge in [-0.3, -0.25) is 20.5 Å². The Morgan fingerprint density at radius 3 is 2.54 bits per heavy atom. The number of nitrogens with two attached hydrogens (primary N) is 2. The van der Waals surface area contributed by atoms with Gasteiger partial charge in [0.15, 0.2) is 0 Å². The van der Waals surface area contributed by atoms with Crippen molar-refractivity contribution in [2.24, 2.45) is 11.0 Å². The van der Waals surface area contributed by atoms with Crippen molar-refractivity contribution in [3.63, 3.8) is 0 Å². The van der Waals surface area contributed by atoms with Crippen LogP contribution in [0.15, 0.2) is 0 Å². The molecule has 0 aliphatic carbocycles. The quantitative estimate of drug-likeness (QED) is 0.509. The van der Waals surface area contributed by atoms with Crippen LogP contribution in [0.25, 0.3) is 0 Å². The molecule has 0 aromatic heterocycles. The van der Waals surface area contributed by atoms with Gasteiger partial charge < -0.3 is 4.74 Å². The first kappa shape index (κ1) is 11.1. The summed E-state index contributed by atoms with van der Waals surface area (Å²) in [4.78, 5) is 2.21. The van der Waals surface area contributed by atoms with Gasteiger partial charge in [-0.1, -0.05) is 0 Å². The van der Waals surface area contributed by atoms with E-state index >= 15 is 0 Å². The fraction of sp³-hybridized carbons (Fsp3) is 1.00. The highest BCUT2D eigenvalue weighted by Gasteiger charge is 2.11. The third kappa shape index (κ3) is 5.36. The van der Waals surface area contributed by atoms with Crippen molar-refractivity contribution in [1.29, 1.82) is 0 Å². The summed E-state index contributed by atoms with van der Waals surface area (Å²) in [5.41, 5.74) is 10.3. The number of hydrogen-bond acceptors (Lipinski definition) is 3. The number of rotatable bonds is 4. The van der Waals surface area contributed by atoms with E-state index in [-0.39, 0.29) is 0 Å². The van der Waals surface area contributed by atoms with E-state index in [0.29, 0.717) is 6.54 Å². The van der Waals surface area contributed by atoms with E-state index in [1.807, 2.05) is 0 Å². The number of hydrogen-bond donors (Lipinski definition) is 3. The van der Waals surface area contributed by atoms with Gasteiger partial charge in [-0.25, -0.2) is 5.09 Å². The Kier molecular flexibility index (Phi) is 4.31. The molecule has 0 aromatic carbocycles. The van der Waals surface area contributed by atoms with Crippen LogP contribution in [0.1, 0.15) is 0 Å². The van der Waals surface area contributed by atoms with Gasteiger partial charge in [-0.2, -0.15) is 0 Å². The Bertz CT molecular complexity index is 189. The summed E-state index contributed by atoms with van der Waals surface area (Å²) >= 11 is 0. The monoisotopic (exact) mass is 208 g/mol. The Labute approximate surface area is 78.1 Å². The van der Waals surface area contributed by atoms with E-state index in [0.717, 1.165) is 32.8 Å². The molecule has 0 aromatic rings. The number of nitrogens with one attached hydrogen (secondary N) is 1. The third-order valence-electron chi connectivity index (χ3n) is 1.89. The van der Waals surface area contributed by atoms with Gasteiger partial charge in [0.1, 0.15) is 0 Å². The van der Waals surface area contributed by atoms with Gasteiger partial charge in [0, 0.05) is 26.2 Å². The fourth-order valence-electron chi connectivity index (χ4n) is 1.21. The average molecular weight is 208 g/mol. The normalized spacial score (nSPS) is 20.5. The molecule has 0 radical (unpaired) electrons. The lowest BCUT2D eigenvalue weighted by Gasteiger charge is -2.26. The summed E-state index contributed by atoms with van der Waals surface area (Å²) in [6.45, 7) is 4.74. The minimum absolute atomic E-state index is 0.560. The summed E-state index contributed by atoms with van der Waals surface area (Å²) < 4.78 is 16.0. The first-order chi connectivity index (χ1) is 6.08. The van der Waals surface area contributed by atoms with Gasteiger partial charge >= 0.3 is 0 Å². The molecule has 0 spiro atoms. The predicted octanol–water partition coefficient (Wildman–Crippen LogP) is -1.07. The molecule has 1 heterocycles. The highest BCUT2D eigenvalue weighted by molar-refractivity contribution is 7.56. The molecule has 78 valence electrons. The van der Waals surface area contributed by atoms with Crippen molar-refractivity contribution in [3.8, 4) is 0 Å². The topological polar surface area (TPSA) is 93.6 Å². The summed E-state index contributed by atoms with van der Waals surface area (Å²) in [7, 11) is -3.04. The van der Waals surface area contributed by atoms with Crippen LogP contribution in [-0.2, 0) is 9.30 Å². The standard InChI is InChI=1S/C6H17N4O2P/c7-13(8,11)9-1-2-10-3-5-12-6-4-10/h1-6H2,(H5,7,8,9,11). The molecule has 1 rings (SSSR count). The molecule has 0 atom stereocenters. The third-order valence-corrected chi connectivity index (χ3v) is 2.61. The van der Waals surface area contributed by atoms with Gasteiger partial charge in [0.2, 0.25) is 0 Å². The lowest BCUT2D eigenvalue weighted by molar-refractivity contribution is 0.0390. The molecular weight excluding hydrogens is 191 g/mol. The van der Waals surface area contributed by atoms with Crippen LogP contribution in [0.4, 0.5) is 0 Å². The zero-order valence-corrected chi connectivity index (χ0v) is 8.50. The van der Waals surface area contributed by atoms with Crippen LogP contribution < -0.4 is 16.1 Å². The molecule has 1 saturated heterocycles. The van der Waals surface area contributed by atoms with Crippen molar-refractivity contribution < 1.29 is 9.30 Å². The number of ether oxygens (including phenoxy) is 1. The number of morpholine rings is 1. The molecule has 13 heavy (non-hydrogen) atoms. The lowest BCUT2D eigenvalue weighted by atomic mass is 10.4. The second-order valence-electron chi connectivity index (χ2n) is 3.07. The summed E-state index contributed by atoms with van der Waals surface area (Å²) in [5, 5.41) is 2.60. The number of nitrogens with zero attached hydrogens (tertiary/aromatic N) is 1. The zero-order chi connectivity index (χ0) is 9.73. The average Bonchev–Trinajstić information content (AvgIpc) is 2.04. The minimum atomic E-state index is -3.04. The molecule has 0 amide bonds. The van der Waals surface area contributed by atoms with Crippen LogP contribution in [0.2, 0.25) is 0 Å². The molecule has 1 aliphatic rings. The lowest BCUT2D eigenvalue weighted by Crippen LogP contribution is -2.40. The first-order valence-corrected chi connectivity index (χ1v) is 6.15. The molecule has 5 N–H and O–H groups in total. The van der Waals surface area contributed by atoms with Crippen molar-refractivity contribution >= 4 is 7.59 Å². The van der Waals surface area contributed by atoms with Crippen LogP contribution in [0.5, 0.6) is 0 Å². The maximum Gasteiger partial charge on any atom is 0.273 e. The maximum atomic E-state index is 10.9. The molecule has 1 fully saturated rings. The van der Waals surface area contributed by atoms with Crippen LogP contribution >= 0.6 is 7.59 Å². The Morgan fingerprint density at radius 1 is 1.38 bits per heavy atom. The maximum absolute atomic E-state index is 10.9. The second kappa shape index (κ2) is 5.05. The summed E-state index contributed by atoms with van der Waals surface area (Å²) in [6, 6.07) is 0. The van der Waals surface area contributed by atoms with E-state index in [1.54, 1.807) is 0 Å². The van der Waals surface area contributed by atoms with Gasteiger partial charge in [0.25, 0.3) is 7.59 Å². The largest absolute Gasteiger partial charge is 0.379 e. The molecule has 0 unspecified atom stereocenters. The fourth-order valence-corrected chi connectivity index (χ4v) is 1.66. The Balaban J connectivity index is 2.08. The zero-order valence-electron chi connectivity index (χ0n) is 7.61. The van der Waals surface area contributed by atoms with E-state index in [9.17, 15) is 4.57 Å². The van der Waals surface area contributed by atoms with E-state index in [4.69, 9.17) is 15.7 Å². The van der Waals surface area contributed by atoms with Crippen molar-refractivity contribution in [3.05, 3.63) is 0 Å². The van der Waals surface area contributed by atoms with Crippen LogP contribution in [0, 0.1) is 0 Å². The van der Waals surface area contributed by atoms with E-state index in [1.165, 1.54) is 0 Å². The SMILES string of the molecule is NP(N)(=O)NCCN1CCOCC1. The molecule has 7 heteroatoms. The minimum Gasteiger partial charge on any atom is -0.379 e. The molecule has 0 saturated carbocycles. The Hall–Kier alpha value is 0.0300. The van der Waals surface area contributed by atoms with E-state index < -0.39 is 7.59 Å². The highest BCUT2D eigenvalue weighted by Crippen LogP contribution is 2.15. The second-order valence-corrected chi connectivity index (χ2v) is 4.81. The Morgan fingerprint density at radius 2 is 2.00 bits per heavy atom. The predicted molar refractivity (Wildman–Crippen MR) is 51.2 cm³/mol. The van der Waals surface area contributed by atoms with E-state index in [2.05, 4.69) is 9.99 Å². The molecular formula is C6H17N4O2P. The molecule has 1 aliphatic heterocycles. The van der Waals surface area contributed by atoms with Crippen LogP contribution in [0.3, 0.4) is 0 Å². The van der Waals surface area contributed by atoms with Crippen molar-refractivity contribution in [1.82, 2.24) is 9.99 Å². The van der Waals surface area contributed by atoms with Crippen molar-refractivity contribution in [2.75, 3.05) is 39.4 Å². The first-order valence-electron chi connectivity index (χ1n) is 4.30. The van der Waals surface area contributed by atoms with Gasteiger partial charge in [-0.05, 0) is 0 Å². The summed E-state index contributed by atoms with van der Waals surface area (Å²) in [6.07, 6.45) is 0.